The topological polar surface area (TPSA) is 115 Å². The van der Waals surface area contributed by atoms with Gasteiger partial charge in [-0.2, -0.15) is 0 Å². The van der Waals surface area contributed by atoms with Crippen molar-refractivity contribution in [2.24, 2.45) is 0 Å². The van der Waals surface area contributed by atoms with Crippen LogP contribution in [-0.4, -0.2) is 34.0 Å². The molecule has 8 heteroatoms. The van der Waals surface area contributed by atoms with Crippen LogP contribution in [0.15, 0.2) is 59.8 Å². The summed E-state index contributed by atoms with van der Waals surface area (Å²) >= 11 is 0. The number of aliphatic carboxylic acids is 1. The van der Waals surface area contributed by atoms with Gasteiger partial charge < -0.3 is 15.3 Å². The molecule has 26 heavy (non-hydrogen) atoms. The van der Waals surface area contributed by atoms with Crippen molar-refractivity contribution in [2.45, 2.75) is 11.3 Å². The summed E-state index contributed by atoms with van der Waals surface area (Å²) in [6.07, 6.45) is 3.64. The molecule has 0 unspecified atom stereocenters. The molecule has 0 aromatic heterocycles. The quantitative estimate of drug-likeness (QED) is 0.710. The van der Waals surface area contributed by atoms with Crippen molar-refractivity contribution < 1.29 is 28.5 Å². The normalized spacial score (nSPS) is 15.5. The number of fused-ring (bicyclic) bond motifs is 1. The highest BCUT2D eigenvalue weighted by Gasteiger charge is 2.30. The summed E-state index contributed by atoms with van der Waals surface area (Å²) < 4.78 is 26.5. The highest BCUT2D eigenvalue weighted by Crippen LogP contribution is 2.34. The Kier molecular flexibility index (Phi) is 4.43. The molecular weight excluding hydrogens is 358 g/mol. The van der Waals surface area contributed by atoms with Crippen molar-refractivity contribution in [3.05, 3.63) is 66.0 Å². The molecule has 2 aromatic rings. The minimum absolute atomic E-state index is 0.0250. The second kappa shape index (κ2) is 6.57. The van der Waals surface area contributed by atoms with E-state index in [-0.39, 0.29) is 22.8 Å². The van der Waals surface area contributed by atoms with Crippen LogP contribution in [0.4, 0.5) is 0 Å². The van der Waals surface area contributed by atoms with Crippen LogP contribution in [0.2, 0.25) is 0 Å². The molecule has 1 heterocycles. The van der Waals surface area contributed by atoms with Crippen molar-refractivity contribution in [2.75, 3.05) is 0 Å². The fourth-order valence-corrected chi connectivity index (χ4v) is 4.04. The zero-order valence-electron chi connectivity index (χ0n) is 13.4. The van der Waals surface area contributed by atoms with Crippen LogP contribution >= 0.6 is 0 Å². The minimum Gasteiger partial charge on any atom is -0.504 e. The van der Waals surface area contributed by atoms with Crippen molar-refractivity contribution in [3.63, 3.8) is 0 Å². The van der Waals surface area contributed by atoms with Gasteiger partial charge in [-0.3, -0.25) is 4.79 Å². The van der Waals surface area contributed by atoms with E-state index in [4.69, 9.17) is 5.11 Å². The molecule has 1 aliphatic heterocycles. The van der Waals surface area contributed by atoms with Gasteiger partial charge >= 0.3 is 5.97 Å². The Balaban J connectivity index is 2.04. The molecule has 0 atom stereocenters. The number of sulfonamides is 1. The van der Waals surface area contributed by atoms with Gasteiger partial charge in [0.2, 0.25) is 0 Å². The maximum absolute atomic E-state index is 12.8. The monoisotopic (exact) mass is 373 g/mol. The third-order valence-electron chi connectivity index (χ3n) is 3.83. The predicted molar refractivity (Wildman–Crippen MR) is 94.5 cm³/mol. The first kappa shape index (κ1) is 17.6. The van der Waals surface area contributed by atoms with Gasteiger partial charge in [0, 0.05) is 18.0 Å². The fourth-order valence-electron chi connectivity index (χ4n) is 2.59. The summed E-state index contributed by atoms with van der Waals surface area (Å²) in [6.45, 7) is 0. The van der Waals surface area contributed by atoms with Crippen molar-refractivity contribution in [3.8, 4) is 11.5 Å². The lowest BCUT2D eigenvalue weighted by molar-refractivity contribution is -0.135. The second-order valence-electron chi connectivity index (χ2n) is 5.62. The Labute approximate surface area is 149 Å². The van der Waals surface area contributed by atoms with E-state index in [1.165, 1.54) is 42.7 Å². The van der Waals surface area contributed by atoms with E-state index in [0.29, 0.717) is 16.7 Å². The molecule has 0 fully saturated rings. The Hall–Kier alpha value is -3.26. The number of carbonyl (C=O) groups is 1. The Morgan fingerprint density at radius 3 is 2.50 bits per heavy atom. The van der Waals surface area contributed by atoms with Crippen LogP contribution < -0.4 is 0 Å². The average Bonchev–Trinajstić information content (AvgIpc) is 2.59. The van der Waals surface area contributed by atoms with E-state index in [9.17, 15) is 23.4 Å². The van der Waals surface area contributed by atoms with Gasteiger partial charge in [-0.15, -0.1) is 0 Å². The lowest BCUT2D eigenvalue weighted by Gasteiger charge is -2.25. The third kappa shape index (κ3) is 3.27. The summed E-state index contributed by atoms with van der Waals surface area (Å²) in [7, 11) is -3.87. The number of carboxylic acid groups (broad SMARTS) is 1. The van der Waals surface area contributed by atoms with Gasteiger partial charge in [-0.05, 0) is 35.4 Å². The SMILES string of the molecule is O=C(O)CC1=CN(/C=C/c2ccc(O)c(O)c2)S(=O)(=O)c2ccccc21. The van der Waals surface area contributed by atoms with Crippen LogP contribution in [0.3, 0.4) is 0 Å². The lowest BCUT2D eigenvalue weighted by atomic mass is 10.0. The minimum atomic E-state index is -3.87. The summed E-state index contributed by atoms with van der Waals surface area (Å²) in [6, 6.07) is 10.3. The molecule has 3 rings (SSSR count). The first-order chi connectivity index (χ1) is 12.3. The molecule has 0 spiro atoms. The number of benzene rings is 2. The van der Waals surface area contributed by atoms with Crippen LogP contribution in [0.1, 0.15) is 17.5 Å². The molecule has 3 N–H and O–H groups in total. The molecule has 2 aromatic carbocycles. The molecule has 0 saturated carbocycles. The molecular formula is C18H15NO6S. The molecule has 0 bridgehead atoms. The maximum Gasteiger partial charge on any atom is 0.307 e. The van der Waals surface area contributed by atoms with E-state index in [1.54, 1.807) is 18.2 Å². The third-order valence-corrected chi connectivity index (χ3v) is 5.52. The number of hydrogen-bond donors (Lipinski definition) is 3. The molecule has 0 aliphatic carbocycles. The number of rotatable bonds is 4. The molecule has 134 valence electrons. The van der Waals surface area contributed by atoms with Crippen LogP contribution in [0.25, 0.3) is 11.6 Å². The number of phenols is 2. The van der Waals surface area contributed by atoms with Crippen LogP contribution in [0.5, 0.6) is 11.5 Å². The zero-order chi connectivity index (χ0) is 18.9. The fraction of sp³-hybridized carbons (Fsp3) is 0.0556. The highest BCUT2D eigenvalue weighted by atomic mass is 32.2. The molecule has 1 aliphatic rings. The van der Waals surface area contributed by atoms with E-state index >= 15 is 0 Å². The van der Waals surface area contributed by atoms with Gasteiger partial charge in [-0.1, -0.05) is 24.3 Å². The van der Waals surface area contributed by atoms with Crippen LogP contribution in [-0.2, 0) is 14.8 Å². The molecule has 0 radical (unpaired) electrons. The second-order valence-corrected chi connectivity index (χ2v) is 7.43. The van der Waals surface area contributed by atoms with E-state index in [2.05, 4.69) is 0 Å². The van der Waals surface area contributed by atoms with E-state index in [0.717, 1.165) is 4.31 Å². The van der Waals surface area contributed by atoms with Crippen molar-refractivity contribution in [1.82, 2.24) is 4.31 Å². The van der Waals surface area contributed by atoms with E-state index in [1.807, 2.05) is 0 Å². The summed E-state index contributed by atoms with van der Waals surface area (Å²) in [5.41, 5.74) is 1.19. The Bertz CT molecular complexity index is 1040. The highest BCUT2D eigenvalue weighted by molar-refractivity contribution is 7.89. The van der Waals surface area contributed by atoms with Gasteiger partial charge in [-0.25, -0.2) is 12.7 Å². The largest absolute Gasteiger partial charge is 0.504 e. The average molecular weight is 373 g/mol. The molecule has 0 amide bonds. The summed E-state index contributed by atoms with van der Waals surface area (Å²) in [5.74, 6) is -1.69. The number of carboxylic acids is 1. The smallest absolute Gasteiger partial charge is 0.307 e. The number of nitrogens with zero attached hydrogens (tertiary/aromatic N) is 1. The maximum atomic E-state index is 12.8. The predicted octanol–water partition coefficient (Wildman–Crippen LogP) is 2.59. The first-order valence-electron chi connectivity index (χ1n) is 7.54. The van der Waals surface area contributed by atoms with Crippen molar-refractivity contribution in [1.29, 1.82) is 0 Å². The number of aromatic hydroxyl groups is 2. The van der Waals surface area contributed by atoms with Gasteiger partial charge in [0.1, 0.15) is 0 Å². The van der Waals surface area contributed by atoms with E-state index < -0.39 is 16.0 Å². The summed E-state index contributed by atoms with van der Waals surface area (Å²) in [4.78, 5) is 11.1. The van der Waals surface area contributed by atoms with Gasteiger partial charge in [0.05, 0.1) is 11.3 Å². The Morgan fingerprint density at radius 1 is 1.08 bits per heavy atom. The van der Waals surface area contributed by atoms with Crippen LogP contribution in [0, 0.1) is 0 Å². The first-order valence-corrected chi connectivity index (χ1v) is 8.98. The lowest BCUT2D eigenvalue weighted by Crippen LogP contribution is -2.26. The van der Waals surface area contributed by atoms with Crippen molar-refractivity contribution >= 4 is 27.6 Å². The summed E-state index contributed by atoms with van der Waals surface area (Å²) in [5, 5.41) is 27.9. The zero-order valence-corrected chi connectivity index (χ0v) is 14.2. The van der Waals surface area contributed by atoms with Gasteiger partial charge in [0.15, 0.2) is 11.5 Å². The molecule has 7 nitrogen and oxygen atoms in total. The Morgan fingerprint density at radius 2 is 1.81 bits per heavy atom. The number of hydrogen-bond acceptors (Lipinski definition) is 5. The number of phenolic OH excluding ortho intramolecular Hbond substituents is 2. The standard InChI is InChI=1S/C18H15NO6S/c20-15-6-5-12(9-16(15)21)7-8-19-11-13(10-18(22)23)14-3-1-2-4-17(14)26(19,24)25/h1-9,11,20-21H,10H2,(H,22,23)/b8-7+. The van der Waals surface area contributed by atoms with Gasteiger partial charge in [0.25, 0.3) is 10.0 Å². The molecule has 0 saturated heterocycles.